The van der Waals surface area contributed by atoms with Crippen LogP contribution in [-0.4, -0.2) is 10.8 Å². The number of carbonyl (C=O) groups excluding carboxylic acids is 1. The first-order chi connectivity index (χ1) is 14.6. The zero-order valence-corrected chi connectivity index (χ0v) is 16.4. The van der Waals surface area contributed by atoms with Gasteiger partial charge in [0.1, 0.15) is 11.6 Å². The largest absolute Gasteiger partial charge is 0.360 e. The van der Waals surface area contributed by atoms with Gasteiger partial charge >= 0.3 is 0 Å². The van der Waals surface area contributed by atoms with Crippen LogP contribution in [0.25, 0.3) is 0 Å². The van der Waals surface area contributed by atoms with E-state index in [1.165, 1.54) is 42.2 Å². The first-order valence-corrected chi connectivity index (χ1v) is 9.63. The average molecular weight is 416 g/mol. The van der Waals surface area contributed by atoms with Crippen LogP contribution in [0, 0.1) is 21.4 Å². The van der Waals surface area contributed by atoms with Crippen molar-refractivity contribution in [2.75, 3.05) is 10.6 Å². The van der Waals surface area contributed by atoms with E-state index in [0.29, 0.717) is 11.4 Å². The fourth-order valence-electron chi connectivity index (χ4n) is 2.45. The maximum Gasteiger partial charge on any atom is 0.269 e. The molecule has 2 N–H and O–H groups in total. The molecule has 0 unspecified atom stereocenters. The topological polar surface area (TPSA) is 108 Å². The monoisotopic (exact) mass is 416 g/mol. The van der Waals surface area contributed by atoms with Crippen molar-refractivity contribution in [2.24, 2.45) is 0 Å². The summed E-state index contributed by atoms with van der Waals surface area (Å²) < 4.78 is 0. The Bertz CT molecular complexity index is 1120. The molecule has 30 heavy (non-hydrogen) atoms. The highest BCUT2D eigenvalue weighted by Gasteiger charge is 2.12. The van der Waals surface area contributed by atoms with Crippen LogP contribution in [0.2, 0.25) is 0 Å². The second-order valence-corrected chi connectivity index (χ2v) is 7.10. The van der Waals surface area contributed by atoms with E-state index in [2.05, 4.69) is 10.6 Å². The van der Waals surface area contributed by atoms with E-state index in [-0.39, 0.29) is 11.3 Å². The highest BCUT2D eigenvalue weighted by molar-refractivity contribution is 7.99. The molecule has 1 amide bonds. The Hall–Kier alpha value is -4.09. The zero-order chi connectivity index (χ0) is 21.3. The van der Waals surface area contributed by atoms with Crippen molar-refractivity contribution < 1.29 is 9.72 Å². The minimum atomic E-state index is -0.562. The molecule has 3 rings (SSSR count). The lowest BCUT2D eigenvalue weighted by molar-refractivity contribution is -0.384. The quantitative estimate of drug-likeness (QED) is 0.237. The molecule has 0 aromatic heterocycles. The SMILES string of the molecule is N#C/C(=C/Nc1ccc([N+](=O)[O-])cc1)C(=O)Nc1ccccc1Sc1ccccc1. The Morgan fingerprint density at radius 2 is 1.67 bits per heavy atom. The smallest absolute Gasteiger partial charge is 0.269 e. The number of non-ortho nitro benzene ring substituents is 1. The molecule has 0 spiro atoms. The lowest BCUT2D eigenvalue weighted by Gasteiger charge is -2.10. The molecule has 0 saturated heterocycles. The lowest BCUT2D eigenvalue weighted by Crippen LogP contribution is -2.15. The lowest BCUT2D eigenvalue weighted by atomic mass is 10.2. The Morgan fingerprint density at radius 1 is 1.00 bits per heavy atom. The maximum atomic E-state index is 12.6. The third-order valence-corrected chi connectivity index (χ3v) is 5.02. The molecule has 0 aliphatic carbocycles. The number of para-hydroxylation sites is 1. The van der Waals surface area contributed by atoms with Crippen LogP contribution in [0.3, 0.4) is 0 Å². The van der Waals surface area contributed by atoms with E-state index in [0.717, 1.165) is 9.79 Å². The van der Waals surface area contributed by atoms with Crippen LogP contribution in [0.4, 0.5) is 17.1 Å². The van der Waals surface area contributed by atoms with Crippen molar-refractivity contribution in [2.45, 2.75) is 9.79 Å². The van der Waals surface area contributed by atoms with Gasteiger partial charge in [0.2, 0.25) is 0 Å². The Kier molecular flexibility index (Phi) is 6.82. The Morgan fingerprint density at radius 3 is 2.33 bits per heavy atom. The normalized spacial score (nSPS) is 10.7. The van der Waals surface area contributed by atoms with Crippen LogP contribution in [0.1, 0.15) is 0 Å². The van der Waals surface area contributed by atoms with Gasteiger partial charge in [-0.05, 0) is 36.4 Å². The predicted octanol–water partition coefficient (Wildman–Crippen LogP) is 5.20. The second-order valence-electron chi connectivity index (χ2n) is 5.98. The van der Waals surface area contributed by atoms with Gasteiger partial charge in [-0.2, -0.15) is 5.26 Å². The minimum Gasteiger partial charge on any atom is -0.360 e. The number of hydrogen-bond acceptors (Lipinski definition) is 6. The average Bonchev–Trinajstić information content (AvgIpc) is 2.76. The zero-order valence-electron chi connectivity index (χ0n) is 15.6. The molecule has 0 saturated carbocycles. The molecule has 0 fully saturated rings. The maximum absolute atomic E-state index is 12.6. The van der Waals surface area contributed by atoms with Gasteiger partial charge in [-0.25, -0.2) is 0 Å². The molecule has 0 atom stereocenters. The fourth-order valence-corrected chi connectivity index (χ4v) is 3.37. The van der Waals surface area contributed by atoms with Gasteiger partial charge in [0.25, 0.3) is 11.6 Å². The summed E-state index contributed by atoms with van der Waals surface area (Å²) in [5, 5.41) is 25.6. The fraction of sp³-hybridized carbons (Fsp3) is 0. The number of carbonyl (C=O) groups is 1. The van der Waals surface area contributed by atoms with Gasteiger partial charge in [-0.3, -0.25) is 14.9 Å². The summed E-state index contributed by atoms with van der Waals surface area (Å²) in [6, 6.07) is 24.6. The molecule has 7 nitrogen and oxygen atoms in total. The Labute approximate surface area is 177 Å². The number of benzene rings is 3. The number of nitro groups is 1. The van der Waals surface area contributed by atoms with E-state index in [1.54, 1.807) is 12.1 Å². The molecule has 0 aliphatic heterocycles. The summed E-state index contributed by atoms with van der Waals surface area (Å²) in [4.78, 5) is 24.6. The molecule has 3 aromatic carbocycles. The van der Waals surface area contributed by atoms with Crippen LogP contribution in [-0.2, 0) is 4.79 Å². The summed E-state index contributed by atoms with van der Waals surface area (Å²) in [6.07, 6.45) is 1.27. The number of amides is 1. The number of nitrogens with one attached hydrogen (secondary N) is 2. The number of hydrogen-bond donors (Lipinski definition) is 2. The third kappa shape index (κ3) is 5.47. The van der Waals surface area contributed by atoms with Crippen LogP contribution in [0.5, 0.6) is 0 Å². The molecule has 0 heterocycles. The van der Waals surface area contributed by atoms with Gasteiger partial charge in [-0.1, -0.05) is 42.1 Å². The second kappa shape index (κ2) is 9.91. The van der Waals surface area contributed by atoms with Crippen LogP contribution >= 0.6 is 11.8 Å². The van der Waals surface area contributed by atoms with E-state index in [4.69, 9.17) is 0 Å². The molecular formula is C22H16N4O3S. The summed E-state index contributed by atoms with van der Waals surface area (Å²) in [7, 11) is 0. The first-order valence-electron chi connectivity index (χ1n) is 8.81. The van der Waals surface area contributed by atoms with Crippen molar-refractivity contribution in [1.82, 2.24) is 0 Å². The van der Waals surface area contributed by atoms with Gasteiger partial charge in [-0.15, -0.1) is 0 Å². The summed E-state index contributed by atoms with van der Waals surface area (Å²) in [6.45, 7) is 0. The molecule has 8 heteroatoms. The molecule has 148 valence electrons. The van der Waals surface area contributed by atoms with Gasteiger partial charge in [0.15, 0.2) is 0 Å². The standard InChI is InChI=1S/C22H16N4O3S/c23-14-16(15-24-17-10-12-18(13-11-17)26(28)29)22(27)25-20-8-4-5-9-21(20)30-19-6-2-1-3-7-19/h1-13,15,24H,(H,25,27)/b16-15-. The number of anilines is 2. The number of rotatable bonds is 7. The van der Waals surface area contributed by atoms with Gasteiger partial charge < -0.3 is 10.6 Å². The summed E-state index contributed by atoms with van der Waals surface area (Å²) in [5.41, 5.74) is 0.928. The molecule has 0 bridgehead atoms. The van der Waals surface area contributed by atoms with Gasteiger partial charge in [0.05, 0.1) is 10.6 Å². The molecular weight excluding hydrogens is 400 g/mol. The van der Waals surface area contributed by atoms with E-state index >= 15 is 0 Å². The number of nitriles is 1. The van der Waals surface area contributed by atoms with Crippen molar-refractivity contribution >= 4 is 34.7 Å². The molecule has 0 aliphatic rings. The van der Waals surface area contributed by atoms with Crippen molar-refractivity contribution in [3.63, 3.8) is 0 Å². The summed E-state index contributed by atoms with van der Waals surface area (Å²) >= 11 is 1.50. The summed E-state index contributed by atoms with van der Waals surface area (Å²) in [5.74, 6) is -0.562. The molecule has 3 aromatic rings. The van der Waals surface area contributed by atoms with Gasteiger partial charge in [0, 0.05) is 33.8 Å². The van der Waals surface area contributed by atoms with Crippen LogP contribution < -0.4 is 10.6 Å². The molecule has 0 radical (unpaired) electrons. The highest BCUT2D eigenvalue weighted by atomic mass is 32.2. The van der Waals surface area contributed by atoms with Crippen molar-refractivity contribution in [3.8, 4) is 6.07 Å². The number of nitro benzene ring substituents is 1. The van der Waals surface area contributed by atoms with E-state index in [9.17, 15) is 20.2 Å². The number of nitrogens with zero attached hydrogens (tertiary/aromatic N) is 2. The first kappa shape index (κ1) is 20.6. The van der Waals surface area contributed by atoms with Crippen LogP contribution in [0.15, 0.2) is 100 Å². The van der Waals surface area contributed by atoms with Crippen molar-refractivity contribution in [3.05, 3.63) is 101 Å². The van der Waals surface area contributed by atoms with E-state index < -0.39 is 10.8 Å². The third-order valence-electron chi connectivity index (χ3n) is 3.93. The van der Waals surface area contributed by atoms with E-state index in [1.807, 2.05) is 48.5 Å². The highest BCUT2D eigenvalue weighted by Crippen LogP contribution is 2.33. The van der Waals surface area contributed by atoms with Crippen molar-refractivity contribution in [1.29, 1.82) is 5.26 Å². The predicted molar refractivity (Wildman–Crippen MR) is 116 cm³/mol. The Balaban J connectivity index is 1.71. The minimum absolute atomic E-state index is 0.0460.